The molecule has 2 amide bonds. The van der Waals surface area contributed by atoms with Crippen molar-refractivity contribution >= 4 is 17.8 Å². The Bertz CT molecular complexity index is 728. The van der Waals surface area contributed by atoms with Gasteiger partial charge in [0.15, 0.2) is 0 Å². The van der Waals surface area contributed by atoms with Gasteiger partial charge in [-0.05, 0) is 12.8 Å². The third-order valence-electron chi connectivity index (χ3n) is 9.77. The third kappa shape index (κ3) is 24.6. The van der Waals surface area contributed by atoms with E-state index in [0.717, 1.165) is 25.7 Å². The maximum absolute atomic E-state index is 13.0. The Hall–Kier alpha value is -1.59. The number of piperazine rings is 1. The number of carbonyl (C=O) groups is 3. The van der Waals surface area contributed by atoms with Gasteiger partial charge in [-0.25, -0.2) is 0 Å². The molecule has 0 aromatic rings. The van der Waals surface area contributed by atoms with Crippen molar-refractivity contribution in [2.24, 2.45) is 0 Å². The minimum Gasteiger partial charge on any atom is -0.466 e. The Morgan fingerprint density at radius 3 is 1.37 bits per heavy atom. The van der Waals surface area contributed by atoms with Crippen LogP contribution in [-0.4, -0.2) is 48.4 Å². The van der Waals surface area contributed by atoms with Crippen molar-refractivity contribution in [3.05, 3.63) is 0 Å². The number of esters is 1. The predicted molar refractivity (Wildman–Crippen MR) is 194 cm³/mol. The number of unbranched alkanes of at least 4 members (excludes halogenated alkanes) is 27. The molecule has 1 atom stereocenters. The van der Waals surface area contributed by atoms with Crippen LogP contribution in [0.5, 0.6) is 0 Å². The van der Waals surface area contributed by atoms with Gasteiger partial charge in [0, 0.05) is 19.5 Å². The highest BCUT2D eigenvalue weighted by Crippen LogP contribution is 2.17. The molecule has 46 heavy (non-hydrogen) atoms. The molecule has 0 radical (unpaired) electrons. The van der Waals surface area contributed by atoms with Gasteiger partial charge in [-0.2, -0.15) is 0 Å². The van der Waals surface area contributed by atoms with Gasteiger partial charge in [0.2, 0.25) is 11.8 Å². The van der Waals surface area contributed by atoms with Crippen molar-refractivity contribution in [3.63, 3.8) is 0 Å². The van der Waals surface area contributed by atoms with Crippen LogP contribution in [0.1, 0.15) is 213 Å². The van der Waals surface area contributed by atoms with Crippen LogP contribution in [0.2, 0.25) is 0 Å². The zero-order valence-electron chi connectivity index (χ0n) is 30.7. The van der Waals surface area contributed by atoms with Crippen molar-refractivity contribution in [1.82, 2.24) is 10.2 Å². The van der Waals surface area contributed by atoms with Crippen LogP contribution >= 0.6 is 0 Å². The van der Waals surface area contributed by atoms with Crippen molar-refractivity contribution in [2.45, 2.75) is 219 Å². The van der Waals surface area contributed by atoms with Gasteiger partial charge in [-0.1, -0.05) is 187 Å². The minimum atomic E-state index is -0.734. The predicted octanol–water partition coefficient (Wildman–Crippen LogP) is 11.0. The van der Waals surface area contributed by atoms with E-state index in [1.54, 1.807) is 4.90 Å². The zero-order chi connectivity index (χ0) is 33.3. The van der Waals surface area contributed by atoms with Gasteiger partial charge >= 0.3 is 5.97 Å². The van der Waals surface area contributed by atoms with Crippen LogP contribution in [-0.2, 0) is 19.1 Å². The Balaban J connectivity index is 2.01. The minimum absolute atomic E-state index is 0.00526. The van der Waals surface area contributed by atoms with Crippen LogP contribution in [0.4, 0.5) is 0 Å². The number of nitrogens with zero attached hydrogens (tertiary/aromatic N) is 1. The van der Waals surface area contributed by atoms with Crippen molar-refractivity contribution in [2.75, 3.05) is 19.7 Å². The second-order valence-electron chi connectivity index (χ2n) is 14.1. The highest BCUT2D eigenvalue weighted by Gasteiger charge is 2.34. The number of carbonyl (C=O) groups excluding carboxylic acids is 3. The van der Waals surface area contributed by atoms with E-state index in [1.165, 1.54) is 161 Å². The van der Waals surface area contributed by atoms with Gasteiger partial charge in [-0.3, -0.25) is 14.4 Å². The van der Waals surface area contributed by atoms with E-state index in [-0.39, 0.29) is 24.2 Å². The number of hydrogen-bond acceptors (Lipinski definition) is 4. The van der Waals surface area contributed by atoms with Crippen LogP contribution < -0.4 is 5.32 Å². The fourth-order valence-electron chi connectivity index (χ4n) is 6.71. The monoisotopic (exact) mass is 649 g/mol. The number of rotatable bonds is 33. The van der Waals surface area contributed by atoms with Crippen LogP contribution in [0.25, 0.3) is 0 Å². The molecule has 1 rings (SSSR count). The van der Waals surface area contributed by atoms with E-state index in [0.29, 0.717) is 26.1 Å². The van der Waals surface area contributed by atoms with E-state index in [4.69, 9.17) is 4.74 Å². The molecule has 1 heterocycles. The Morgan fingerprint density at radius 1 is 0.587 bits per heavy atom. The summed E-state index contributed by atoms with van der Waals surface area (Å²) in [6.07, 6.45) is 37.9. The summed E-state index contributed by atoms with van der Waals surface area (Å²) < 4.78 is 5.44. The standard InChI is InChI=1S/C40H76N2O4/c1-3-5-7-9-11-13-15-16-17-18-19-20-21-22-23-24-26-28-30-32-38(43)42-34-33-41-40(45)37(42)36-39(44)46-35-31-29-27-25-14-12-10-8-6-4-2/h37H,3-36H2,1-2H3,(H,41,45). The normalized spacial score (nSPS) is 14.9. The second-order valence-corrected chi connectivity index (χ2v) is 14.1. The van der Waals surface area contributed by atoms with E-state index in [1.807, 2.05) is 0 Å². The first-order valence-corrected chi connectivity index (χ1v) is 20.3. The maximum Gasteiger partial charge on any atom is 0.308 e. The van der Waals surface area contributed by atoms with Gasteiger partial charge in [0.25, 0.3) is 0 Å². The largest absolute Gasteiger partial charge is 0.466 e. The lowest BCUT2D eigenvalue weighted by Crippen LogP contribution is -2.57. The lowest BCUT2D eigenvalue weighted by Gasteiger charge is -2.34. The molecular formula is C40H76N2O4. The van der Waals surface area contributed by atoms with E-state index >= 15 is 0 Å². The first-order chi connectivity index (χ1) is 22.6. The molecule has 0 aromatic carbocycles. The average Bonchev–Trinajstić information content (AvgIpc) is 3.05. The van der Waals surface area contributed by atoms with Crippen LogP contribution in [0.15, 0.2) is 0 Å². The van der Waals surface area contributed by atoms with Gasteiger partial charge in [0.05, 0.1) is 13.0 Å². The van der Waals surface area contributed by atoms with Crippen molar-refractivity contribution in [1.29, 1.82) is 0 Å². The first kappa shape index (κ1) is 42.4. The smallest absolute Gasteiger partial charge is 0.308 e. The number of hydrogen-bond donors (Lipinski definition) is 1. The van der Waals surface area contributed by atoms with Crippen molar-refractivity contribution in [3.8, 4) is 0 Å². The topological polar surface area (TPSA) is 75.7 Å². The molecule has 0 bridgehead atoms. The summed E-state index contributed by atoms with van der Waals surface area (Å²) in [4.78, 5) is 39.6. The molecular weight excluding hydrogens is 572 g/mol. The number of ether oxygens (including phenoxy) is 1. The highest BCUT2D eigenvalue weighted by molar-refractivity contribution is 5.91. The molecule has 1 aliphatic heterocycles. The Morgan fingerprint density at radius 2 is 0.957 bits per heavy atom. The quantitative estimate of drug-likeness (QED) is 0.0567. The molecule has 0 saturated carbocycles. The zero-order valence-corrected chi connectivity index (χ0v) is 30.7. The summed E-state index contributed by atoms with van der Waals surface area (Å²) in [5.74, 6) is -0.614. The fourth-order valence-corrected chi connectivity index (χ4v) is 6.71. The lowest BCUT2D eigenvalue weighted by atomic mass is 10.0. The number of amides is 2. The van der Waals surface area contributed by atoms with Crippen LogP contribution in [0, 0.1) is 0 Å². The van der Waals surface area contributed by atoms with E-state index in [9.17, 15) is 14.4 Å². The molecule has 1 aliphatic rings. The van der Waals surface area contributed by atoms with E-state index < -0.39 is 6.04 Å². The summed E-state index contributed by atoms with van der Waals surface area (Å²) in [5.41, 5.74) is 0. The molecule has 1 fully saturated rings. The molecule has 1 saturated heterocycles. The van der Waals surface area contributed by atoms with Crippen LogP contribution in [0.3, 0.4) is 0 Å². The molecule has 0 aromatic heterocycles. The summed E-state index contributed by atoms with van der Waals surface area (Å²) in [5, 5.41) is 2.82. The van der Waals surface area contributed by atoms with Gasteiger partial charge < -0.3 is 15.0 Å². The summed E-state index contributed by atoms with van der Waals surface area (Å²) >= 11 is 0. The summed E-state index contributed by atoms with van der Waals surface area (Å²) in [6, 6.07) is -0.734. The summed E-state index contributed by atoms with van der Waals surface area (Å²) in [6.45, 7) is 5.85. The first-order valence-electron chi connectivity index (χ1n) is 20.3. The molecule has 6 heteroatoms. The highest BCUT2D eigenvalue weighted by atomic mass is 16.5. The summed E-state index contributed by atoms with van der Waals surface area (Å²) in [7, 11) is 0. The van der Waals surface area contributed by atoms with Gasteiger partial charge in [-0.15, -0.1) is 0 Å². The lowest BCUT2D eigenvalue weighted by molar-refractivity contribution is -0.152. The molecule has 6 nitrogen and oxygen atoms in total. The Kier molecular flexibility index (Phi) is 29.5. The SMILES string of the molecule is CCCCCCCCCCCCCCCCCCCCCC(=O)N1CCNC(=O)C1CC(=O)OCCCCCCCCCCCC. The second kappa shape index (κ2) is 32.0. The molecule has 1 unspecified atom stereocenters. The van der Waals surface area contributed by atoms with E-state index in [2.05, 4.69) is 19.2 Å². The Labute approximate surface area is 285 Å². The third-order valence-corrected chi connectivity index (χ3v) is 9.77. The van der Waals surface area contributed by atoms with Gasteiger partial charge in [0.1, 0.15) is 6.04 Å². The average molecular weight is 649 g/mol. The van der Waals surface area contributed by atoms with Crippen molar-refractivity contribution < 1.29 is 19.1 Å². The number of nitrogens with one attached hydrogen (secondary N) is 1. The molecule has 270 valence electrons. The maximum atomic E-state index is 13.0. The molecule has 0 spiro atoms. The molecule has 1 N–H and O–H groups in total. The fraction of sp³-hybridized carbons (Fsp3) is 0.925. The molecule has 0 aliphatic carbocycles.